The summed E-state index contributed by atoms with van der Waals surface area (Å²) in [7, 11) is 1.62. The van der Waals surface area contributed by atoms with Crippen molar-refractivity contribution in [3.63, 3.8) is 0 Å². The van der Waals surface area contributed by atoms with Gasteiger partial charge in [0, 0.05) is 12.0 Å². The number of hydrogen-bond donors (Lipinski definition) is 0. The molecule has 1 saturated carbocycles. The van der Waals surface area contributed by atoms with Gasteiger partial charge in [-0.05, 0) is 25.0 Å². The molecular weight excluding hydrogens is 286 g/mol. The van der Waals surface area contributed by atoms with Crippen LogP contribution in [0.5, 0.6) is 5.75 Å². The fourth-order valence-corrected chi connectivity index (χ4v) is 3.19. The molecule has 2 aromatic rings. The Morgan fingerprint density at radius 1 is 1.38 bits per heavy atom. The molecule has 0 N–H and O–H groups in total. The Kier molecular flexibility index (Phi) is 3.85. The van der Waals surface area contributed by atoms with Gasteiger partial charge in [-0.2, -0.15) is 10.4 Å². The van der Waals surface area contributed by atoms with Crippen LogP contribution in [0.3, 0.4) is 0 Å². The van der Waals surface area contributed by atoms with Gasteiger partial charge in [-0.25, -0.2) is 4.68 Å². The molecule has 4 nitrogen and oxygen atoms in total. The lowest BCUT2D eigenvalue weighted by Gasteiger charge is -2.06. The van der Waals surface area contributed by atoms with Crippen LogP contribution in [0.4, 0.5) is 0 Å². The average Bonchev–Trinajstić information content (AvgIpc) is 3.14. The number of benzene rings is 1. The second-order valence-corrected chi connectivity index (χ2v) is 5.62. The van der Waals surface area contributed by atoms with Crippen molar-refractivity contribution in [1.82, 2.24) is 9.78 Å². The standard InChI is InChI=1S/C16H16ClN3O/c1-21-13-8-4-7-12(9-13)20-16(17)14(10-18)15(19-20)11-5-2-3-6-11/h4,7-9,11H,2-3,5-6H2,1H3. The van der Waals surface area contributed by atoms with Crippen LogP contribution in [-0.2, 0) is 0 Å². The number of aromatic nitrogens is 2. The Balaban J connectivity index is 2.08. The van der Waals surface area contributed by atoms with Gasteiger partial charge in [-0.1, -0.05) is 30.5 Å². The maximum absolute atomic E-state index is 9.41. The minimum Gasteiger partial charge on any atom is -0.497 e. The first-order valence-corrected chi connectivity index (χ1v) is 7.45. The van der Waals surface area contributed by atoms with Crippen molar-refractivity contribution in [2.75, 3.05) is 7.11 Å². The zero-order valence-corrected chi connectivity index (χ0v) is 12.6. The quantitative estimate of drug-likeness (QED) is 0.859. The third kappa shape index (κ3) is 2.50. The molecular formula is C16H16ClN3O. The summed E-state index contributed by atoms with van der Waals surface area (Å²) >= 11 is 6.38. The molecule has 3 rings (SSSR count). The van der Waals surface area contributed by atoms with Crippen LogP contribution in [0.1, 0.15) is 42.9 Å². The van der Waals surface area contributed by atoms with Crippen molar-refractivity contribution < 1.29 is 4.74 Å². The lowest BCUT2D eigenvalue weighted by Crippen LogP contribution is -2.00. The van der Waals surface area contributed by atoms with Crippen LogP contribution in [0.15, 0.2) is 24.3 Å². The van der Waals surface area contributed by atoms with Gasteiger partial charge in [0.05, 0.1) is 18.5 Å². The van der Waals surface area contributed by atoms with E-state index in [2.05, 4.69) is 11.2 Å². The second-order valence-electron chi connectivity index (χ2n) is 5.26. The lowest BCUT2D eigenvalue weighted by molar-refractivity contribution is 0.414. The van der Waals surface area contributed by atoms with E-state index in [9.17, 15) is 5.26 Å². The molecule has 1 aromatic carbocycles. The van der Waals surface area contributed by atoms with E-state index in [-0.39, 0.29) is 0 Å². The molecule has 108 valence electrons. The fraction of sp³-hybridized carbons (Fsp3) is 0.375. The summed E-state index contributed by atoms with van der Waals surface area (Å²) in [6, 6.07) is 9.72. The van der Waals surface area contributed by atoms with Crippen LogP contribution in [-0.4, -0.2) is 16.9 Å². The molecule has 1 heterocycles. The molecule has 0 aliphatic heterocycles. The molecule has 1 aromatic heterocycles. The van der Waals surface area contributed by atoms with Gasteiger partial charge in [-0.15, -0.1) is 0 Å². The molecule has 1 fully saturated rings. The molecule has 1 aliphatic carbocycles. The van der Waals surface area contributed by atoms with Crippen molar-refractivity contribution >= 4 is 11.6 Å². The molecule has 0 unspecified atom stereocenters. The summed E-state index contributed by atoms with van der Waals surface area (Å²) in [4.78, 5) is 0. The number of halogens is 1. The Labute approximate surface area is 128 Å². The van der Waals surface area contributed by atoms with Crippen LogP contribution >= 0.6 is 11.6 Å². The second kappa shape index (κ2) is 5.79. The van der Waals surface area contributed by atoms with E-state index >= 15 is 0 Å². The minimum absolute atomic E-state index is 0.351. The highest BCUT2D eigenvalue weighted by atomic mass is 35.5. The van der Waals surface area contributed by atoms with E-state index in [0.29, 0.717) is 16.6 Å². The molecule has 21 heavy (non-hydrogen) atoms. The summed E-state index contributed by atoms with van der Waals surface area (Å²) < 4.78 is 6.87. The van der Waals surface area contributed by atoms with Gasteiger partial charge < -0.3 is 4.74 Å². The Morgan fingerprint density at radius 3 is 2.81 bits per heavy atom. The third-order valence-corrected chi connectivity index (χ3v) is 4.36. The third-order valence-electron chi connectivity index (χ3n) is 4.01. The summed E-state index contributed by atoms with van der Waals surface area (Å²) in [5.74, 6) is 1.09. The summed E-state index contributed by atoms with van der Waals surface area (Å²) in [6.45, 7) is 0. The maximum atomic E-state index is 9.41. The summed E-state index contributed by atoms with van der Waals surface area (Å²) in [6.07, 6.45) is 4.55. The van der Waals surface area contributed by atoms with Crippen LogP contribution in [0.2, 0.25) is 5.15 Å². The van der Waals surface area contributed by atoms with Crippen LogP contribution < -0.4 is 4.74 Å². The first kappa shape index (κ1) is 14.0. The maximum Gasteiger partial charge on any atom is 0.150 e. The highest BCUT2D eigenvalue weighted by Crippen LogP contribution is 2.37. The minimum atomic E-state index is 0.351. The zero-order valence-electron chi connectivity index (χ0n) is 11.8. The average molecular weight is 302 g/mol. The number of ether oxygens (including phenoxy) is 1. The number of nitriles is 1. The molecule has 5 heteroatoms. The fourth-order valence-electron chi connectivity index (χ4n) is 2.91. The first-order chi connectivity index (χ1) is 10.2. The van der Waals surface area contributed by atoms with Gasteiger partial charge in [0.25, 0.3) is 0 Å². The molecule has 0 radical (unpaired) electrons. The predicted molar refractivity (Wildman–Crippen MR) is 81.1 cm³/mol. The molecule has 1 aliphatic rings. The molecule has 0 amide bonds. The zero-order chi connectivity index (χ0) is 14.8. The number of hydrogen-bond acceptors (Lipinski definition) is 3. The van der Waals surface area contributed by atoms with Gasteiger partial charge in [0.15, 0.2) is 5.15 Å². The monoisotopic (exact) mass is 301 g/mol. The van der Waals surface area contributed by atoms with E-state index in [1.54, 1.807) is 11.8 Å². The molecule has 0 bridgehead atoms. The van der Waals surface area contributed by atoms with Crippen molar-refractivity contribution in [1.29, 1.82) is 5.26 Å². The van der Waals surface area contributed by atoms with Crippen molar-refractivity contribution in [3.05, 3.63) is 40.7 Å². The van der Waals surface area contributed by atoms with Gasteiger partial charge in [0.2, 0.25) is 0 Å². The van der Waals surface area contributed by atoms with E-state index in [4.69, 9.17) is 16.3 Å². The van der Waals surface area contributed by atoms with E-state index in [1.807, 2.05) is 24.3 Å². The van der Waals surface area contributed by atoms with Gasteiger partial charge in [-0.3, -0.25) is 0 Å². The molecule has 0 spiro atoms. The predicted octanol–water partition coefficient (Wildman–Crippen LogP) is 4.06. The van der Waals surface area contributed by atoms with Crippen LogP contribution in [0, 0.1) is 11.3 Å². The first-order valence-electron chi connectivity index (χ1n) is 7.07. The smallest absolute Gasteiger partial charge is 0.150 e. The van der Waals surface area contributed by atoms with Gasteiger partial charge >= 0.3 is 0 Å². The summed E-state index contributed by atoms with van der Waals surface area (Å²) in [5, 5.41) is 14.4. The Bertz CT molecular complexity index is 696. The van der Waals surface area contributed by atoms with Gasteiger partial charge in [0.1, 0.15) is 17.4 Å². The lowest BCUT2D eigenvalue weighted by atomic mass is 10.0. The SMILES string of the molecule is COc1cccc(-n2nc(C3CCCC3)c(C#N)c2Cl)c1. The number of methoxy groups -OCH3 is 1. The topological polar surface area (TPSA) is 50.8 Å². The van der Waals surface area contributed by atoms with E-state index in [1.165, 1.54) is 12.8 Å². The number of rotatable bonds is 3. The van der Waals surface area contributed by atoms with E-state index < -0.39 is 0 Å². The van der Waals surface area contributed by atoms with Crippen molar-refractivity contribution in [2.24, 2.45) is 0 Å². The summed E-state index contributed by atoms with van der Waals surface area (Å²) in [5.41, 5.74) is 2.15. The Morgan fingerprint density at radius 2 is 2.14 bits per heavy atom. The van der Waals surface area contributed by atoms with Crippen molar-refractivity contribution in [2.45, 2.75) is 31.6 Å². The Hall–Kier alpha value is -1.99. The normalized spacial score (nSPS) is 15.1. The van der Waals surface area contributed by atoms with Crippen LogP contribution in [0.25, 0.3) is 5.69 Å². The van der Waals surface area contributed by atoms with E-state index in [0.717, 1.165) is 30.0 Å². The molecule has 0 saturated heterocycles. The highest BCUT2D eigenvalue weighted by Gasteiger charge is 2.26. The largest absolute Gasteiger partial charge is 0.497 e. The van der Waals surface area contributed by atoms with Crippen molar-refractivity contribution in [3.8, 4) is 17.5 Å². The number of nitrogens with zero attached hydrogens (tertiary/aromatic N) is 3. The highest BCUT2D eigenvalue weighted by molar-refractivity contribution is 6.31. The molecule has 0 atom stereocenters.